The van der Waals surface area contributed by atoms with Crippen LogP contribution in [0.5, 0.6) is 0 Å². The number of nitro groups is 1. The van der Waals surface area contributed by atoms with E-state index < -0.39 is 4.92 Å². The van der Waals surface area contributed by atoms with Crippen LogP contribution in [-0.4, -0.2) is 59.6 Å². The smallest absolute Gasteiger partial charge is 0.288 e. The minimum atomic E-state index is -0.566. The van der Waals surface area contributed by atoms with Gasteiger partial charge in [0, 0.05) is 49.4 Å². The molecule has 1 amide bonds. The fourth-order valence-corrected chi connectivity index (χ4v) is 3.52. The predicted molar refractivity (Wildman–Crippen MR) is 117 cm³/mol. The molecule has 0 aromatic heterocycles. The molecular weight excluding hydrogens is 429 g/mol. The Morgan fingerprint density at radius 3 is 2.50 bits per heavy atom. The number of hydrogen-bond acceptors (Lipinski definition) is 6. The van der Waals surface area contributed by atoms with Crippen LogP contribution >= 0.6 is 23.2 Å². The van der Waals surface area contributed by atoms with Gasteiger partial charge < -0.3 is 0 Å². The number of nitrogens with zero attached hydrogens (tertiary/aromatic N) is 4. The quantitative estimate of drug-likeness (QED) is 0.398. The van der Waals surface area contributed by atoms with E-state index in [9.17, 15) is 14.9 Å². The van der Waals surface area contributed by atoms with Gasteiger partial charge in [-0.25, -0.2) is 5.43 Å². The molecular formula is C20H21Cl2N5O3. The first-order chi connectivity index (χ1) is 14.4. The summed E-state index contributed by atoms with van der Waals surface area (Å²) in [6.45, 7) is 4.25. The molecule has 1 aliphatic heterocycles. The molecule has 2 aromatic rings. The van der Waals surface area contributed by atoms with Gasteiger partial charge in [0.25, 0.3) is 11.6 Å². The summed E-state index contributed by atoms with van der Waals surface area (Å²) in [5.41, 5.74) is 3.82. The molecule has 0 spiro atoms. The SMILES string of the molecule is O=C(CN1CCN(Cc2ccccc2Cl)CC1)N/N=C/c1ccc(Cl)c([N+](=O)[O-])c1. The number of nitro benzene ring substituents is 1. The number of nitrogens with one attached hydrogen (secondary N) is 1. The van der Waals surface area contributed by atoms with Crippen LogP contribution in [0.25, 0.3) is 0 Å². The van der Waals surface area contributed by atoms with Crippen LogP contribution in [0, 0.1) is 10.1 Å². The third-order valence-electron chi connectivity index (χ3n) is 4.75. The van der Waals surface area contributed by atoms with Crippen molar-refractivity contribution in [3.63, 3.8) is 0 Å². The number of hydrogen-bond donors (Lipinski definition) is 1. The van der Waals surface area contributed by atoms with Gasteiger partial charge in [0.05, 0.1) is 17.7 Å². The van der Waals surface area contributed by atoms with Crippen LogP contribution in [0.4, 0.5) is 5.69 Å². The van der Waals surface area contributed by atoms with E-state index in [-0.39, 0.29) is 23.2 Å². The molecule has 0 bridgehead atoms. The lowest BCUT2D eigenvalue weighted by Gasteiger charge is -2.34. The second-order valence-corrected chi connectivity index (χ2v) is 7.72. The normalized spacial score (nSPS) is 15.4. The van der Waals surface area contributed by atoms with E-state index in [4.69, 9.17) is 23.2 Å². The molecule has 0 atom stereocenters. The van der Waals surface area contributed by atoms with Crippen LogP contribution in [0.1, 0.15) is 11.1 Å². The summed E-state index contributed by atoms with van der Waals surface area (Å²) < 4.78 is 0. The lowest BCUT2D eigenvalue weighted by molar-refractivity contribution is -0.384. The maximum atomic E-state index is 12.1. The summed E-state index contributed by atoms with van der Waals surface area (Å²) in [6.07, 6.45) is 1.35. The molecule has 2 aromatic carbocycles. The number of carbonyl (C=O) groups is 1. The number of halogens is 2. The Kier molecular flexibility index (Phi) is 7.75. The highest BCUT2D eigenvalue weighted by atomic mass is 35.5. The second kappa shape index (κ2) is 10.5. The number of amides is 1. The van der Waals surface area contributed by atoms with Gasteiger partial charge in [-0.15, -0.1) is 0 Å². The maximum Gasteiger partial charge on any atom is 0.288 e. The number of rotatable bonds is 7. The highest BCUT2D eigenvalue weighted by molar-refractivity contribution is 6.32. The topological polar surface area (TPSA) is 91.1 Å². The Morgan fingerprint density at radius 2 is 1.80 bits per heavy atom. The predicted octanol–water partition coefficient (Wildman–Crippen LogP) is 3.17. The molecule has 1 N–H and O–H groups in total. The summed E-state index contributed by atoms with van der Waals surface area (Å²) in [5, 5.41) is 15.6. The van der Waals surface area contributed by atoms with Gasteiger partial charge in [0.1, 0.15) is 5.02 Å². The van der Waals surface area contributed by atoms with Gasteiger partial charge in [0.15, 0.2) is 0 Å². The third kappa shape index (κ3) is 6.24. The highest BCUT2D eigenvalue weighted by Gasteiger charge is 2.19. The van der Waals surface area contributed by atoms with Crippen LogP contribution in [0.2, 0.25) is 10.0 Å². The molecule has 8 nitrogen and oxygen atoms in total. The third-order valence-corrected chi connectivity index (χ3v) is 5.44. The van der Waals surface area contributed by atoms with Gasteiger partial charge in [-0.3, -0.25) is 24.7 Å². The van der Waals surface area contributed by atoms with Crippen molar-refractivity contribution in [2.24, 2.45) is 5.10 Å². The molecule has 30 heavy (non-hydrogen) atoms. The van der Waals surface area contributed by atoms with E-state index >= 15 is 0 Å². The maximum absolute atomic E-state index is 12.1. The summed E-state index contributed by atoms with van der Waals surface area (Å²) in [7, 11) is 0. The zero-order valence-corrected chi connectivity index (χ0v) is 17.6. The lowest BCUT2D eigenvalue weighted by Crippen LogP contribution is -2.48. The molecule has 10 heteroatoms. The van der Waals surface area contributed by atoms with E-state index in [2.05, 4.69) is 20.3 Å². The molecule has 3 rings (SSSR count). The first-order valence-corrected chi connectivity index (χ1v) is 10.1. The van der Waals surface area contributed by atoms with E-state index in [1.54, 1.807) is 6.07 Å². The summed E-state index contributed by atoms with van der Waals surface area (Å²) in [5.74, 6) is -0.241. The first-order valence-electron chi connectivity index (χ1n) is 9.36. The fourth-order valence-electron chi connectivity index (χ4n) is 3.14. The Hall–Kier alpha value is -2.52. The minimum Gasteiger partial charge on any atom is -0.296 e. The van der Waals surface area contributed by atoms with E-state index in [0.29, 0.717) is 5.56 Å². The fraction of sp³-hybridized carbons (Fsp3) is 0.300. The van der Waals surface area contributed by atoms with Crippen LogP contribution in [-0.2, 0) is 11.3 Å². The average Bonchev–Trinajstić information content (AvgIpc) is 2.72. The Bertz CT molecular complexity index is 946. The number of hydrazone groups is 1. The van der Waals surface area contributed by atoms with E-state index in [1.165, 1.54) is 18.3 Å². The average molecular weight is 450 g/mol. The molecule has 0 radical (unpaired) electrons. The number of piperazine rings is 1. The first kappa shape index (κ1) is 22.2. The minimum absolute atomic E-state index is 0.0508. The number of carbonyl (C=O) groups excluding carboxylic acids is 1. The Labute approximate surface area is 184 Å². The lowest BCUT2D eigenvalue weighted by atomic mass is 10.2. The molecule has 0 saturated carbocycles. The van der Waals surface area contributed by atoms with Crippen molar-refractivity contribution in [3.05, 3.63) is 73.8 Å². The van der Waals surface area contributed by atoms with Crippen molar-refractivity contribution < 1.29 is 9.72 Å². The van der Waals surface area contributed by atoms with Crippen molar-refractivity contribution in [1.82, 2.24) is 15.2 Å². The largest absolute Gasteiger partial charge is 0.296 e. The van der Waals surface area contributed by atoms with Gasteiger partial charge in [-0.2, -0.15) is 5.10 Å². The Balaban J connectivity index is 1.43. The van der Waals surface area contributed by atoms with Crippen molar-refractivity contribution in [1.29, 1.82) is 0 Å². The summed E-state index contributed by atoms with van der Waals surface area (Å²) >= 11 is 12.0. The molecule has 1 heterocycles. The van der Waals surface area contributed by atoms with Crippen molar-refractivity contribution in [2.45, 2.75) is 6.54 Å². The highest BCUT2D eigenvalue weighted by Crippen LogP contribution is 2.24. The molecule has 0 aliphatic carbocycles. The van der Waals surface area contributed by atoms with Crippen molar-refractivity contribution in [3.8, 4) is 0 Å². The molecule has 1 fully saturated rings. The zero-order valence-electron chi connectivity index (χ0n) is 16.1. The van der Waals surface area contributed by atoms with Crippen LogP contribution in [0.15, 0.2) is 47.6 Å². The molecule has 1 aliphatic rings. The number of benzene rings is 2. The van der Waals surface area contributed by atoms with Crippen molar-refractivity contribution >= 4 is 41.0 Å². The van der Waals surface area contributed by atoms with Gasteiger partial charge in [-0.05, 0) is 17.7 Å². The standard InChI is InChI=1S/C20H21Cl2N5O3/c21-17-4-2-1-3-16(17)13-25-7-9-26(10-8-25)14-20(28)24-23-12-15-5-6-18(22)19(11-15)27(29)30/h1-6,11-12H,7-10,13-14H2,(H,24,28)/b23-12+. The Morgan fingerprint density at radius 1 is 1.10 bits per heavy atom. The second-order valence-electron chi connectivity index (χ2n) is 6.90. The van der Waals surface area contributed by atoms with Gasteiger partial charge >= 0.3 is 0 Å². The van der Waals surface area contributed by atoms with Crippen LogP contribution < -0.4 is 5.43 Å². The molecule has 158 valence electrons. The van der Waals surface area contributed by atoms with Gasteiger partial charge in [-0.1, -0.05) is 47.5 Å². The van der Waals surface area contributed by atoms with E-state index in [0.717, 1.165) is 43.3 Å². The van der Waals surface area contributed by atoms with E-state index in [1.807, 2.05) is 24.3 Å². The van der Waals surface area contributed by atoms with Crippen molar-refractivity contribution in [2.75, 3.05) is 32.7 Å². The molecule has 0 unspecified atom stereocenters. The monoisotopic (exact) mass is 449 g/mol. The summed E-state index contributed by atoms with van der Waals surface area (Å²) in [6, 6.07) is 12.1. The van der Waals surface area contributed by atoms with Crippen LogP contribution in [0.3, 0.4) is 0 Å². The van der Waals surface area contributed by atoms with Gasteiger partial charge in [0.2, 0.25) is 0 Å². The summed E-state index contributed by atoms with van der Waals surface area (Å²) in [4.78, 5) is 26.8. The zero-order chi connectivity index (χ0) is 21.5. The molecule has 1 saturated heterocycles.